The van der Waals surface area contributed by atoms with Gasteiger partial charge in [0.25, 0.3) is 5.91 Å². The number of hydrogen-bond donors (Lipinski definition) is 1. The average Bonchev–Trinajstić information content (AvgIpc) is 3.05. The van der Waals surface area contributed by atoms with Crippen LogP contribution in [0.2, 0.25) is 5.02 Å². The van der Waals surface area contributed by atoms with Crippen LogP contribution in [0.5, 0.6) is 5.75 Å². The zero-order valence-electron chi connectivity index (χ0n) is 14.6. The molecule has 0 radical (unpaired) electrons. The van der Waals surface area contributed by atoms with Gasteiger partial charge >= 0.3 is 0 Å². The number of carbonyl (C=O) groups excluding carboxylic acids is 1. The Labute approximate surface area is 161 Å². The predicted molar refractivity (Wildman–Crippen MR) is 108 cm³/mol. The molecule has 1 amide bonds. The summed E-state index contributed by atoms with van der Waals surface area (Å²) in [5.41, 5.74) is 2.47. The summed E-state index contributed by atoms with van der Waals surface area (Å²) in [6.45, 7) is 2.13. The summed E-state index contributed by atoms with van der Waals surface area (Å²) in [6.07, 6.45) is 1.92. The number of anilines is 1. The molecule has 3 rings (SSSR count). The molecule has 0 aliphatic carbocycles. The number of aromatic nitrogens is 1. The van der Waals surface area contributed by atoms with Gasteiger partial charge in [-0.05, 0) is 55.0 Å². The Kier molecular flexibility index (Phi) is 5.91. The maximum atomic E-state index is 12.4. The van der Waals surface area contributed by atoms with Gasteiger partial charge in [-0.25, -0.2) is 4.98 Å². The van der Waals surface area contributed by atoms with Gasteiger partial charge in [0.05, 0.1) is 12.8 Å². The minimum Gasteiger partial charge on any atom is -0.497 e. The Bertz CT molecular complexity index is 889. The molecule has 0 spiro atoms. The van der Waals surface area contributed by atoms with E-state index in [0.717, 1.165) is 34.7 Å². The minimum absolute atomic E-state index is 0.195. The summed E-state index contributed by atoms with van der Waals surface area (Å²) in [5, 5.41) is 4.09. The number of methoxy groups -OCH3 is 1. The second-order valence-corrected chi connectivity index (χ2v) is 7.25. The summed E-state index contributed by atoms with van der Waals surface area (Å²) in [4.78, 5) is 18.2. The fraction of sp³-hybridized carbons (Fsp3) is 0.200. The van der Waals surface area contributed by atoms with Crippen molar-refractivity contribution in [3.05, 3.63) is 64.0 Å². The highest BCUT2D eigenvalue weighted by Crippen LogP contribution is 2.33. The summed E-state index contributed by atoms with van der Waals surface area (Å²) >= 11 is 7.39. The lowest BCUT2D eigenvalue weighted by Gasteiger charge is -2.03. The van der Waals surface area contributed by atoms with Crippen molar-refractivity contribution in [3.8, 4) is 17.0 Å². The first-order valence-electron chi connectivity index (χ1n) is 8.31. The normalized spacial score (nSPS) is 10.6. The van der Waals surface area contributed by atoms with Crippen LogP contribution in [0.1, 0.15) is 28.6 Å². The Morgan fingerprint density at radius 3 is 2.46 bits per heavy atom. The lowest BCUT2D eigenvalue weighted by Crippen LogP contribution is -2.11. The Hall–Kier alpha value is -2.37. The van der Waals surface area contributed by atoms with E-state index in [2.05, 4.69) is 17.2 Å². The van der Waals surface area contributed by atoms with Gasteiger partial charge in [-0.1, -0.05) is 24.9 Å². The number of rotatable bonds is 6. The lowest BCUT2D eigenvalue weighted by molar-refractivity contribution is 0.102. The molecule has 0 saturated carbocycles. The number of benzene rings is 2. The van der Waals surface area contributed by atoms with Crippen LogP contribution < -0.4 is 10.1 Å². The molecule has 3 aromatic rings. The monoisotopic (exact) mass is 386 g/mol. The van der Waals surface area contributed by atoms with Crippen molar-refractivity contribution in [2.24, 2.45) is 0 Å². The van der Waals surface area contributed by atoms with Crippen molar-refractivity contribution >= 4 is 34.0 Å². The number of thiazole rings is 1. The van der Waals surface area contributed by atoms with Crippen LogP contribution >= 0.6 is 22.9 Å². The van der Waals surface area contributed by atoms with Crippen molar-refractivity contribution in [1.29, 1.82) is 0 Å². The molecule has 0 bridgehead atoms. The second-order valence-electron chi connectivity index (χ2n) is 5.73. The summed E-state index contributed by atoms with van der Waals surface area (Å²) in [7, 11) is 1.64. The average molecular weight is 387 g/mol. The minimum atomic E-state index is -0.195. The third-order valence-corrected chi connectivity index (χ3v) is 5.15. The van der Waals surface area contributed by atoms with E-state index in [-0.39, 0.29) is 5.91 Å². The fourth-order valence-corrected chi connectivity index (χ4v) is 3.75. The zero-order valence-corrected chi connectivity index (χ0v) is 16.2. The molecule has 1 heterocycles. The summed E-state index contributed by atoms with van der Waals surface area (Å²) < 4.78 is 5.21. The molecular weight excluding hydrogens is 368 g/mol. The van der Waals surface area contributed by atoms with Gasteiger partial charge in [-0.2, -0.15) is 0 Å². The van der Waals surface area contributed by atoms with E-state index in [4.69, 9.17) is 16.3 Å². The molecule has 0 fully saturated rings. The molecule has 134 valence electrons. The smallest absolute Gasteiger partial charge is 0.257 e. The molecule has 0 aliphatic rings. The molecule has 4 nitrogen and oxygen atoms in total. The van der Waals surface area contributed by atoms with E-state index in [9.17, 15) is 4.79 Å². The summed E-state index contributed by atoms with van der Waals surface area (Å²) in [5.74, 6) is 0.608. The first-order chi connectivity index (χ1) is 12.6. The second kappa shape index (κ2) is 8.34. The van der Waals surface area contributed by atoms with Gasteiger partial charge in [0.1, 0.15) is 5.75 Å². The number of hydrogen-bond acceptors (Lipinski definition) is 4. The van der Waals surface area contributed by atoms with E-state index in [1.807, 2.05) is 24.3 Å². The van der Waals surface area contributed by atoms with Gasteiger partial charge < -0.3 is 4.74 Å². The zero-order chi connectivity index (χ0) is 18.5. The van der Waals surface area contributed by atoms with Gasteiger partial charge in [-0.15, -0.1) is 11.3 Å². The van der Waals surface area contributed by atoms with Crippen LogP contribution in [0.3, 0.4) is 0 Å². The number of nitrogens with zero attached hydrogens (tertiary/aromatic N) is 1. The van der Waals surface area contributed by atoms with Crippen LogP contribution in [0.25, 0.3) is 11.3 Å². The van der Waals surface area contributed by atoms with Crippen LogP contribution in [0.15, 0.2) is 48.5 Å². The maximum absolute atomic E-state index is 12.4. The van der Waals surface area contributed by atoms with E-state index < -0.39 is 0 Å². The third-order valence-electron chi connectivity index (χ3n) is 3.86. The number of ether oxygens (including phenoxy) is 1. The molecule has 0 saturated heterocycles. The summed E-state index contributed by atoms with van der Waals surface area (Å²) in [6, 6.07) is 14.6. The van der Waals surface area contributed by atoms with Gasteiger partial charge in [-0.3, -0.25) is 10.1 Å². The molecule has 0 atom stereocenters. The van der Waals surface area contributed by atoms with Crippen LogP contribution in [-0.4, -0.2) is 18.0 Å². The van der Waals surface area contributed by atoms with E-state index >= 15 is 0 Å². The van der Waals surface area contributed by atoms with Crippen LogP contribution in [-0.2, 0) is 6.42 Å². The Morgan fingerprint density at radius 2 is 1.85 bits per heavy atom. The molecular formula is C20H19ClN2O2S. The number of halogens is 1. The largest absolute Gasteiger partial charge is 0.497 e. The van der Waals surface area contributed by atoms with Gasteiger partial charge in [0, 0.05) is 21.0 Å². The maximum Gasteiger partial charge on any atom is 0.257 e. The van der Waals surface area contributed by atoms with Gasteiger partial charge in [0.2, 0.25) is 0 Å². The predicted octanol–water partition coefficient (Wildman–Crippen LogP) is 5.68. The SMILES string of the molecule is CCCc1sc(NC(=O)c2ccc(Cl)cc2)nc1-c1ccc(OC)cc1. The molecule has 2 aromatic carbocycles. The molecule has 1 aromatic heterocycles. The van der Waals surface area contributed by atoms with E-state index in [0.29, 0.717) is 15.7 Å². The van der Waals surface area contributed by atoms with Crippen molar-refractivity contribution in [3.63, 3.8) is 0 Å². The standard InChI is InChI=1S/C20H19ClN2O2S/c1-3-4-17-18(13-7-11-16(25-2)12-8-13)22-20(26-17)23-19(24)14-5-9-15(21)10-6-14/h5-12H,3-4H2,1-2H3,(H,22,23,24). The molecule has 1 N–H and O–H groups in total. The Morgan fingerprint density at radius 1 is 1.15 bits per heavy atom. The molecule has 26 heavy (non-hydrogen) atoms. The third kappa shape index (κ3) is 4.23. The number of carbonyl (C=O) groups is 1. The molecule has 0 unspecified atom stereocenters. The van der Waals surface area contributed by atoms with Crippen molar-refractivity contribution in [2.75, 3.05) is 12.4 Å². The van der Waals surface area contributed by atoms with Crippen molar-refractivity contribution in [2.45, 2.75) is 19.8 Å². The number of nitrogens with one attached hydrogen (secondary N) is 1. The van der Waals surface area contributed by atoms with Crippen LogP contribution in [0, 0.1) is 0 Å². The highest BCUT2D eigenvalue weighted by atomic mass is 35.5. The first-order valence-corrected chi connectivity index (χ1v) is 9.51. The first kappa shape index (κ1) is 18.4. The quantitative estimate of drug-likeness (QED) is 0.593. The van der Waals surface area contributed by atoms with Gasteiger partial charge in [0.15, 0.2) is 5.13 Å². The van der Waals surface area contributed by atoms with E-state index in [1.54, 1.807) is 31.4 Å². The fourth-order valence-electron chi connectivity index (χ4n) is 2.55. The van der Waals surface area contributed by atoms with Crippen LogP contribution in [0.4, 0.5) is 5.13 Å². The molecule has 6 heteroatoms. The Balaban J connectivity index is 1.86. The number of aryl methyl sites for hydroxylation is 1. The van der Waals surface area contributed by atoms with E-state index in [1.165, 1.54) is 11.3 Å². The molecule has 0 aliphatic heterocycles. The van der Waals surface area contributed by atoms with Crippen molar-refractivity contribution in [1.82, 2.24) is 4.98 Å². The topological polar surface area (TPSA) is 51.2 Å². The number of amides is 1. The lowest BCUT2D eigenvalue weighted by atomic mass is 10.1. The highest BCUT2D eigenvalue weighted by molar-refractivity contribution is 7.16. The van der Waals surface area contributed by atoms with Crippen molar-refractivity contribution < 1.29 is 9.53 Å². The highest BCUT2D eigenvalue weighted by Gasteiger charge is 2.15.